The monoisotopic (exact) mass is 566 g/mol. The third-order valence-electron chi connectivity index (χ3n) is 6.91. The Balaban J connectivity index is 1.60. The van der Waals surface area contributed by atoms with E-state index in [0.29, 0.717) is 21.9 Å². The molecule has 3 aromatic carbocycles. The summed E-state index contributed by atoms with van der Waals surface area (Å²) in [6.07, 6.45) is -7.91. The van der Waals surface area contributed by atoms with Crippen molar-refractivity contribution < 1.29 is 58.9 Å². The number of hydrogen-bond acceptors (Lipinski definition) is 11. The molecule has 0 spiro atoms. The molecule has 5 rings (SSSR count). The molecule has 41 heavy (non-hydrogen) atoms. The van der Waals surface area contributed by atoms with Crippen LogP contribution < -0.4 is 9.47 Å². The largest absolute Gasteiger partial charge is 0.504 e. The third kappa shape index (κ3) is 5.21. The van der Waals surface area contributed by atoms with Gasteiger partial charge in [0, 0.05) is 16.3 Å². The number of aliphatic carboxylic acids is 1. The maximum absolute atomic E-state index is 12.9. The average molecular weight is 567 g/mol. The van der Waals surface area contributed by atoms with Crippen molar-refractivity contribution in [1.29, 1.82) is 0 Å². The van der Waals surface area contributed by atoms with Crippen LogP contribution in [0.25, 0.3) is 28.0 Å². The van der Waals surface area contributed by atoms with Gasteiger partial charge < -0.3 is 44.5 Å². The molecule has 3 aromatic rings. The van der Waals surface area contributed by atoms with Gasteiger partial charge >= 0.3 is 11.9 Å². The van der Waals surface area contributed by atoms with Crippen molar-refractivity contribution in [2.75, 3.05) is 13.7 Å². The minimum atomic E-state index is -1.79. The summed E-state index contributed by atoms with van der Waals surface area (Å²) < 4.78 is 22.3. The first kappa shape index (κ1) is 28.1. The van der Waals surface area contributed by atoms with E-state index in [1.165, 1.54) is 19.3 Å². The van der Waals surface area contributed by atoms with Crippen molar-refractivity contribution in [3.63, 3.8) is 0 Å². The van der Waals surface area contributed by atoms with Crippen LogP contribution in [0.3, 0.4) is 0 Å². The Kier molecular flexibility index (Phi) is 7.65. The van der Waals surface area contributed by atoms with Gasteiger partial charge in [-0.05, 0) is 34.9 Å². The molecule has 0 bridgehead atoms. The van der Waals surface area contributed by atoms with Crippen LogP contribution in [-0.4, -0.2) is 87.7 Å². The summed E-state index contributed by atoms with van der Waals surface area (Å²) in [5.41, 5.74) is 2.04. The number of aliphatic hydroxyl groups is 4. The molecule has 0 unspecified atom stereocenters. The van der Waals surface area contributed by atoms with Crippen LogP contribution in [0.2, 0.25) is 0 Å². The van der Waals surface area contributed by atoms with Gasteiger partial charge in [0.2, 0.25) is 12.1 Å². The summed E-state index contributed by atoms with van der Waals surface area (Å²) in [6, 6.07) is 14.0. The molecule has 1 aliphatic carbocycles. The molecule has 12 heteroatoms. The number of carboxylic acids is 1. The number of benzene rings is 3. The van der Waals surface area contributed by atoms with Crippen molar-refractivity contribution in [3.8, 4) is 22.6 Å². The molecular formula is C29H26O12. The fourth-order valence-corrected chi connectivity index (χ4v) is 4.94. The topological polar surface area (TPSA) is 189 Å². The van der Waals surface area contributed by atoms with E-state index in [0.717, 1.165) is 5.56 Å². The normalized spacial score (nSPS) is 23.6. The zero-order valence-electron chi connectivity index (χ0n) is 21.6. The molecule has 0 amide bonds. The maximum Gasteiger partial charge on any atom is 0.317 e. The number of hydrogen-bond donors (Lipinski definition) is 5. The highest BCUT2D eigenvalue weighted by atomic mass is 16.7. The molecule has 1 heterocycles. The average Bonchev–Trinajstić information content (AvgIpc) is 2.96. The second kappa shape index (κ2) is 11.2. The Morgan fingerprint density at radius 2 is 1.66 bits per heavy atom. The van der Waals surface area contributed by atoms with E-state index in [2.05, 4.69) is 0 Å². The van der Waals surface area contributed by atoms with Gasteiger partial charge in [-0.25, -0.2) is 0 Å². The quantitative estimate of drug-likeness (QED) is 0.197. The Hall–Kier alpha value is -4.49. The van der Waals surface area contributed by atoms with Crippen LogP contribution in [0.15, 0.2) is 54.3 Å². The molecule has 0 aromatic heterocycles. The Labute approximate surface area is 232 Å². The first-order valence-electron chi connectivity index (χ1n) is 12.5. The van der Waals surface area contributed by atoms with Gasteiger partial charge in [-0.1, -0.05) is 36.4 Å². The second-order valence-electron chi connectivity index (χ2n) is 9.52. The van der Waals surface area contributed by atoms with E-state index in [4.69, 9.17) is 24.1 Å². The van der Waals surface area contributed by atoms with Crippen LogP contribution in [-0.2, 0) is 19.1 Å². The van der Waals surface area contributed by atoms with E-state index in [9.17, 15) is 34.8 Å². The van der Waals surface area contributed by atoms with Crippen LogP contribution in [0, 0.1) is 0 Å². The van der Waals surface area contributed by atoms with E-state index >= 15 is 0 Å². The SMILES string of the molecule is COc1cc2c3c(ccc(-c4ccccc4)c3c1O[C@H]1O[C@H](COC(=O)CC(=O)O)[C@@H](O)[C@H](O)[C@H]1O)C(=O)C(O)=C2. The standard InChI is InChI=1S/C29H26O12/c1-38-18-10-14-9-17(30)24(34)16-8-7-15(13-5-3-2-4-6-13)23(22(14)16)28(18)41-29-27(37)26(36)25(35)19(40-29)12-39-21(33)11-20(31)32/h2-10,19,25-27,29-30,35-37H,11-12H2,1H3,(H,31,32)/t19-,25-,26+,27-,29-/m1/s1. The highest BCUT2D eigenvalue weighted by molar-refractivity contribution is 6.24. The molecule has 5 N–H and O–H groups in total. The van der Waals surface area contributed by atoms with Gasteiger partial charge in [-0.2, -0.15) is 0 Å². The van der Waals surface area contributed by atoms with Gasteiger partial charge in [0.1, 0.15) is 37.4 Å². The first-order chi connectivity index (χ1) is 19.6. The summed E-state index contributed by atoms with van der Waals surface area (Å²) >= 11 is 0. The molecule has 1 fully saturated rings. The number of carboxylic acid groups (broad SMARTS) is 1. The van der Waals surface area contributed by atoms with Gasteiger partial charge in [-0.3, -0.25) is 14.4 Å². The van der Waals surface area contributed by atoms with Crippen LogP contribution in [0.1, 0.15) is 22.3 Å². The van der Waals surface area contributed by atoms with Crippen molar-refractivity contribution >= 4 is 34.6 Å². The number of Topliss-reactive ketones (excluding diaryl/α,β-unsaturated/α-hetero) is 1. The Morgan fingerprint density at radius 1 is 0.951 bits per heavy atom. The molecule has 5 atom stereocenters. The van der Waals surface area contributed by atoms with Gasteiger partial charge in [0.25, 0.3) is 0 Å². The number of aliphatic hydroxyl groups excluding tert-OH is 4. The zero-order valence-corrected chi connectivity index (χ0v) is 21.6. The lowest BCUT2D eigenvalue weighted by molar-refractivity contribution is -0.278. The molecular weight excluding hydrogens is 540 g/mol. The minimum Gasteiger partial charge on any atom is -0.504 e. The van der Waals surface area contributed by atoms with Crippen LogP contribution in [0.4, 0.5) is 0 Å². The fraction of sp³-hybridized carbons (Fsp3) is 0.276. The molecule has 214 valence electrons. The highest BCUT2D eigenvalue weighted by Crippen LogP contribution is 2.47. The van der Waals surface area contributed by atoms with E-state index in [-0.39, 0.29) is 17.1 Å². The summed E-state index contributed by atoms with van der Waals surface area (Å²) in [5, 5.41) is 51.6. The lowest BCUT2D eigenvalue weighted by Crippen LogP contribution is -2.60. The van der Waals surface area contributed by atoms with Gasteiger partial charge in [0.05, 0.1) is 7.11 Å². The van der Waals surface area contributed by atoms with E-state index in [1.807, 2.05) is 30.3 Å². The Bertz CT molecular complexity index is 1550. The Morgan fingerprint density at radius 3 is 2.34 bits per heavy atom. The number of allylic oxidation sites excluding steroid dienone is 1. The summed E-state index contributed by atoms with van der Waals surface area (Å²) in [7, 11) is 1.37. The zero-order chi connectivity index (χ0) is 29.4. The van der Waals surface area contributed by atoms with E-state index in [1.54, 1.807) is 12.1 Å². The smallest absolute Gasteiger partial charge is 0.317 e. The number of carbonyl (C=O) groups excluding carboxylic acids is 2. The van der Waals surface area contributed by atoms with Crippen LogP contribution in [0.5, 0.6) is 11.5 Å². The lowest BCUT2D eigenvalue weighted by atomic mass is 9.86. The number of methoxy groups -OCH3 is 1. The first-order valence-corrected chi connectivity index (χ1v) is 12.5. The van der Waals surface area contributed by atoms with Crippen molar-refractivity contribution in [3.05, 3.63) is 65.4 Å². The van der Waals surface area contributed by atoms with Crippen molar-refractivity contribution in [2.45, 2.75) is 37.1 Å². The number of carbonyl (C=O) groups is 3. The lowest BCUT2D eigenvalue weighted by Gasteiger charge is -2.40. The molecule has 0 radical (unpaired) electrons. The molecule has 0 saturated carbocycles. The molecule has 2 aliphatic rings. The fourth-order valence-electron chi connectivity index (χ4n) is 4.94. The minimum absolute atomic E-state index is 0.0313. The summed E-state index contributed by atoms with van der Waals surface area (Å²) in [6.45, 7) is -0.633. The van der Waals surface area contributed by atoms with Crippen molar-refractivity contribution in [1.82, 2.24) is 0 Å². The van der Waals surface area contributed by atoms with Crippen molar-refractivity contribution in [2.24, 2.45) is 0 Å². The van der Waals surface area contributed by atoms with Gasteiger partial charge in [0.15, 0.2) is 17.3 Å². The summed E-state index contributed by atoms with van der Waals surface area (Å²) in [4.78, 5) is 35.4. The number of rotatable bonds is 8. The second-order valence-corrected chi connectivity index (χ2v) is 9.52. The number of ether oxygens (including phenoxy) is 4. The third-order valence-corrected chi connectivity index (χ3v) is 6.91. The summed E-state index contributed by atoms with van der Waals surface area (Å²) in [5.74, 6) is -3.39. The molecule has 1 aliphatic heterocycles. The van der Waals surface area contributed by atoms with E-state index < -0.39 is 67.2 Å². The predicted octanol–water partition coefficient (Wildman–Crippen LogP) is 1.81. The molecule has 12 nitrogen and oxygen atoms in total. The maximum atomic E-state index is 12.9. The number of ketones is 1. The predicted molar refractivity (Wildman–Crippen MR) is 141 cm³/mol. The molecule has 1 saturated heterocycles. The highest BCUT2D eigenvalue weighted by Gasteiger charge is 2.46. The number of esters is 1. The van der Waals surface area contributed by atoms with Crippen LogP contribution >= 0.6 is 0 Å². The van der Waals surface area contributed by atoms with Gasteiger partial charge in [-0.15, -0.1) is 0 Å².